The number of ketones is 1. The monoisotopic (exact) mass is 551 g/mol. The second-order valence-electron chi connectivity index (χ2n) is 11.6. The molecule has 0 aromatic heterocycles. The van der Waals surface area contributed by atoms with Gasteiger partial charge in [-0.15, -0.1) is 0 Å². The number of nitrogens with two attached hydrogens (primary N) is 1. The smallest absolute Gasteiger partial charge is 0.162 e. The summed E-state index contributed by atoms with van der Waals surface area (Å²) < 4.78 is 14.3. The minimum absolute atomic E-state index is 0.0119. The number of nitriles is 1. The molecule has 0 saturated heterocycles. The fraction of sp³-hybridized carbons (Fsp3) is 0.294. The Morgan fingerprint density at radius 3 is 2.48 bits per heavy atom. The average Bonchev–Trinajstić information content (AvgIpc) is 2.89. The van der Waals surface area contributed by atoms with Gasteiger partial charge in [0.15, 0.2) is 5.78 Å². The molecule has 5 rings (SSSR count). The topological polar surface area (TPSA) is 70.1 Å². The molecule has 0 fully saturated rings. The van der Waals surface area contributed by atoms with Gasteiger partial charge in [-0.1, -0.05) is 62.4 Å². The molecule has 4 nitrogen and oxygen atoms in total. The molecule has 2 aliphatic rings. The van der Waals surface area contributed by atoms with Gasteiger partial charge in [0, 0.05) is 29.2 Å². The second kappa shape index (κ2) is 11.0. The molecule has 3 aromatic carbocycles. The Hall–Kier alpha value is -3.82. The van der Waals surface area contributed by atoms with Crippen LogP contribution in [-0.2, 0) is 16.3 Å². The zero-order chi connectivity index (χ0) is 28.6. The van der Waals surface area contributed by atoms with Crippen LogP contribution < -0.4 is 10.6 Å². The molecule has 40 heavy (non-hydrogen) atoms. The zero-order valence-corrected chi connectivity index (χ0v) is 24.2. The van der Waals surface area contributed by atoms with Gasteiger partial charge in [-0.2, -0.15) is 17.0 Å². The standard InChI is InChI=1S/C34H34FN3OS/c1-21-13-22(2)27(14-24(21)20-40-19-23-9-6-5-7-10-23)31-28(18-36)33(37)38(26-12-8-11-25(35)15-26)29-16-34(3,4)17-30(39)32(29)31/h5-15,31H,16-17,19-20,37H2,1-4H3. The lowest BCUT2D eigenvalue weighted by molar-refractivity contribution is -0.118. The Morgan fingerprint density at radius 1 is 1.02 bits per heavy atom. The van der Waals surface area contributed by atoms with Crippen molar-refractivity contribution in [2.24, 2.45) is 11.1 Å². The van der Waals surface area contributed by atoms with E-state index in [0.29, 0.717) is 29.7 Å². The molecular weight excluding hydrogens is 517 g/mol. The van der Waals surface area contributed by atoms with Crippen LogP contribution in [0.15, 0.2) is 89.4 Å². The first-order valence-electron chi connectivity index (χ1n) is 13.5. The second-order valence-corrected chi connectivity index (χ2v) is 12.6. The van der Waals surface area contributed by atoms with Crippen LogP contribution in [0, 0.1) is 36.4 Å². The summed E-state index contributed by atoms with van der Waals surface area (Å²) in [7, 11) is 0. The van der Waals surface area contributed by atoms with Gasteiger partial charge in [-0.3, -0.25) is 9.69 Å². The summed E-state index contributed by atoms with van der Waals surface area (Å²) in [6, 6.07) is 23.2. The predicted molar refractivity (Wildman–Crippen MR) is 161 cm³/mol. The van der Waals surface area contributed by atoms with Gasteiger partial charge in [0.2, 0.25) is 0 Å². The third kappa shape index (κ3) is 5.31. The number of rotatable bonds is 6. The SMILES string of the molecule is Cc1cc(C)c(C2C(C#N)=C(N)N(c3cccc(F)c3)C3=C2C(=O)CC(C)(C)C3)cc1CSCc1ccccc1. The molecule has 2 N–H and O–H groups in total. The van der Waals surface area contributed by atoms with Crippen molar-refractivity contribution in [2.75, 3.05) is 4.90 Å². The van der Waals surface area contributed by atoms with Gasteiger partial charge in [0.05, 0.1) is 23.2 Å². The number of anilines is 1. The third-order valence-corrected chi connectivity index (χ3v) is 8.90. The van der Waals surface area contributed by atoms with Gasteiger partial charge >= 0.3 is 0 Å². The van der Waals surface area contributed by atoms with Crippen LogP contribution in [0.25, 0.3) is 0 Å². The molecule has 0 amide bonds. The van der Waals surface area contributed by atoms with Crippen molar-refractivity contribution in [3.05, 3.63) is 123 Å². The van der Waals surface area contributed by atoms with Gasteiger partial charge in [0.1, 0.15) is 11.6 Å². The van der Waals surface area contributed by atoms with E-state index in [-0.39, 0.29) is 17.0 Å². The van der Waals surface area contributed by atoms with Crippen molar-refractivity contribution < 1.29 is 9.18 Å². The average molecular weight is 552 g/mol. The first-order chi connectivity index (χ1) is 19.1. The van der Waals surface area contributed by atoms with E-state index in [1.807, 2.05) is 24.8 Å². The molecule has 3 aromatic rings. The van der Waals surface area contributed by atoms with Gasteiger partial charge < -0.3 is 5.73 Å². The summed E-state index contributed by atoms with van der Waals surface area (Å²) in [4.78, 5) is 15.6. The van der Waals surface area contributed by atoms with Crippen LogP contribution >= 0.6 is 11.8 Å². The van der Waals surface area contributed by atoms with E-state index < -0.39 is 11.7 Å². The van der Waals surface area contributed by atoms with E-state index in [1.165, 1.54) is 28.8 Å². The first kappa shape index (κ1) is 27.7. The third-order valence-electron chi connectivity index (χ3n) is 7.85. The van der Waals surface area contributed by atoms with Crippen LogP contribution in [0.4, 0.5) is 10.1 Å². The van der Waals surface area contributed by atoms with Crippen molar-refractivity contribution in [2.45, 2.75) is 58.0 Å². The highest BCUT2D eigenvalue weighted by Crippen LogP contribution is 2.51. The van der Waals surface area contributed by atoms with Crippen molar-refractivity contribution in [3.63, 3.8) is 0 Å². The predicted octanol–water partition coefficient (Wildman–Crippen LogP) is 7.82. The highest BCUT2D eigenvalue weighted by atomic mass is 32.2. The van der Waals surface area contributed by atoms with Gasteiger partial charge in [-0.25, -0.2) is 4.39 Å². The molecule has 1 aliphatic heterocycles. The number of allylic oxidation sites excluding steroid dienone is 3. The molecule has 1 unspecified atom stereocenters. The number of aryl methyl sites for hydroxylation is 2. The summed E-state index contributed by atoms with van der Waals surface area (Å²) in [5, 5.41) is 10.4. The molecule has 0 radical (unpaired) electrons. The molecule has 1 atom stereocenters. The molecule has 204 valence electrons. The Labute approximate surface area is 240 Å². The van der Waals surface area contributed by atoms with E-state index in [4.69, 9.17) is 5.73 Å². The minimum Gasteiger partial charge on any atom is -0.384 e. The van der Waals surface area contributed by atoms with Crippen molar-refractivity contribution >= 4 is 23.2 Å². The number of hydrogen-bond donors (Lipinski definition) is 1. The number of nitrogens with zero attached hydrogens (tertiary/aromatic N) is 2. The number of thioether (sulfide) groups is 1. The first-order valence-corrected chi connectivity index (χ1v) is 14.7. The lowest BCUT2D eigenvalue weighted by Gasteiger charge is -2.44. The highest BCUT2D eigenvalue weighted by Gasteiger charge is 2.45. The number of carbonyl (C=O) groups excluding carboxylic acids is 1. The lowest BCUT2D eigenvalue weighted by atomic mass is 9.68. The van der Waals surface area contributed by atoms with E-state index in [1.54, 1.807) is 17.0 Å². The van der Waals surface area contributed by atoms with Crippen molar-refractivity contribution in [3.8, 4) is 6.07 Å². The van der Waals surface area contributed by atoms with Crippen LogP contribution in [0.5, 0.6) is 0 Å². The van der Waals surface area contributed by atoms with Gasteiger partial charge in [0.25, 0.3) is 0 Å². The summed E-state index contributed by atoms with van der Waals surface area (Å²) in [5.41, 5.74) is 14.2. The lowest BCUT2D eigenvalue weighted by Crippen LogP contribution is -2.42. The summed E-state index contributed by atoms with van der Waals surface area (Å²) >= 11 is 1.84. The summed E-state index contributed by atoms with van der Waals surface area (Å²) in [5.74, 6) is 1.01. The quantitative estimate of drug-likeness (QED) is 0.338. The molecule has 6 heteroatoms. The largest absolute Gasteiger partial charge is 0.384 e. The Bertz CT molecular complexity index is 1580. The number of benzene rings is 3. The van der Waals surface area contributed by atoms with Crippen LogP contribution in [-0.4, -0.2) is 5.78 Å². The van der Waals surface area contributed by atoms with Crippen LogP contribution in [0.2, 0.25) is 0 Å². The molecule has 0 saturated carbocycles. The fourth-order valence-electron chi connectivity index (χ4n) is 5.97. The van der Waals surface area contributed by atoms with E-state index in [0.717, 1.165) is 28.3 Å². The van der Waals surface area contributed by atoms with Crippen LogP contribution in [0.3, 0.4) is 0 Å². The summed E-state index contributed by atoms with van der Waals surface area (Å²) in [6.07, 6.45) is 0.966. The van der Waals surface area contributed by atoms with Crippen molar-refractivity contribution in [1.29, 1.82) is 5.26 Å². The van der Waals surface area contributed by atoms with Gasteiger partial charge in [-0.05, 0) is 71.7 Å². The van der Waals surface area contributed by atoms with E-state index in [2.05, 4.69) is 63.2 Å². The molecule has 0 bridgehead atoms. The van der Waals surface area contributed by atoms with E-state index >= 15 is 0 Å². The molecule has 1 aliphatic carbocycles. The molecule has 1 heterocycles. The van der Waals surface area contributed by atoms with Crippen molar-refractivity contribution in [1.82, 2.24) is 0 Å². The van der Waals surface area contributed by atoms with Crippen LogP contribution in [0.1, 0.15) is 60.4 Å². The number of Topliss-reactive ketones (excluding diaryl/α,β-unsaturated/α-hetero) is 1. The maximum absolute atomic E-state index is 14.3. The number of halogens is 1. The Kier molecular flexibility index (Phi) is 7.61. The fourth-order valence-corrected chi connectivity index (χ4v) is 7.03. The highest BCUT2D eigenvalue weighted by molar-refractivity contribution is 7.97. The Balaban J connectivity index is 1.62. The number of carbonyl (C=O) groups is 1. The maximum Gasteiger partial charge on any atom is 0.162 e. The maximum atomic E-state index is 14.3. The van der Waals surface area contributed by atoms with E-state index in [9.17, 15) is 14.4 Å². The zero-order valence-electron chi connectivity index (χ0n) is 23.4. The number of hydrogen-bond acceptors (Lipinski definition) is 5. The molecular formula is C34H34FN3OS. The summed E-state index contributed by atoms with van der Waals surface area (Å²) in [6.45, 7) is 8.26. The molecule has 0 spiro atoms. The Morgan fingerprint density at radius 2 is 1.77 bits per heavy atom. The minimum atomic E-state index is -0.563. The normalized spacial score (nSPS) is 18.6.